The zero-order chi connectivity index (χ0) is 18.7. The third kappa shape index (κ3) is 5.68. The van der Waals surface area contributed by atoms with E-state index in [4.69, 9.17) is 0 Å². The number of aromatic nitrogens is 2. The van der Waals surface area contributed by atoms with Gasteiger partial charge in [0.1, 0.15) is 0 Å². The van der Waals surface area contributed by atoms with Crippen LogP contribution in [-0.2, 0) is 11.2 Å². The second kappa shape index (κ2) is 10.9. The van der Waals surface area contributed by atoms with Crippen LogP contribution < -0.4 is 5.32 Å². The molecule has 4 heteroatoms. The molecule has 4 nitrogen and oxygen atoms in total. The number of fused-ring (bicyclic) bond motifs is 1. The SMILES string of the molecule is CC.CC.CNC(=O)Cc1ccc(-c2ccc3cccnc3n2)cc1. The van der Waals surface area contributed by atoms with Gasteiger partial charge in [-0.3, -0.25) is 4.79 Å². The van der Waals surface area contributed by atoms with Gasteiger partial charge in [0.25, 0.3) is 0 Å². The van der Waals surface area contributed by atoms with Crippen molar-refractivity contribution in [3.63, 3.8) is 0 Å². The Morgan fingerprint density at radius 1 is 0.960 bits per heavy atom. The number of carbonyl (C=O) groups excluding carboxylic acids is 1. The molecular formula is C21H27N3O. The summed E-state index contributed by atoms with van der Waals surface area (Å²) in [5.41, 5.74) is 3.62. The molecule has 2 aromatic heterocycles. The van der Waals surface area contributed by atoms with Crippen molar-refractivity contribution in [3.05, 3.63) is 60.3 Å². The van der Waals surface area contributed by atoms with Crippen molar-refractivity contribution >= 4 is 16.9 Å². The van der Waals surface area contributed by atoms with E-state index >= 15 is 0 Å². The van der Waals surface area contributed by atoms with Crippen molar-refractivity contribution in [2.24, 2.45) is 0 Å². The lowest BCUT2D eigenvalue weighted by atomic mass is 10.1. The monoisotopic (exact) mass is 337 g/mol. The maximum atomic E-state index is 11.4. The van der Waals surface area contributed by atoms with Crippen molar-refractivity contribution in [2.45, 2.75) is 34.1 Å². The molecule has 0 saturated carbocycles. The summed E-state index contributed by atoms with van der Waals surface area (Å²) in [6.07, 6.45) is 2.13. The minimum Gasteiger partial charge on any atom is -0.359 e. The fraction of sp³-hybridized carbons (Fsp3) is 0.286. The van der Waals surface area contributed by atoms with E-state index in [1.54, 1.807) is 13.2 Å². The van der Waals surface area contributed by atoms with Gasteiger partial charge in [0.2, 0.25) is 5.91 Å². The van der Waals surface area contributed by atoms with Crippen LogP contribution in [0.3, 0.4) is 0 Å². The minimum absolute atomic E-state index is 0.00998. The van der Waals surface area contributed by atoms with Crippen molar-refractivity contribution in [2.75, 3.05) is 7.05 Å². The van der Waals surface area contributed by atoms with Gasteiger partial charge in [-0.05, 0) is 29.8 Å². The summed E-state index contributed by atoms with van der Waals surface area (Å²) in [6.45, 7) is 8.00. The van der Waals surface area contributed by atoms with Gasteiger partial charge in [0.15, 0.2) is 5.65 Å². The molecule has 0 aliphatic heterocycles. The molecule has 1 aromatic carbocycles. The lowest BCUT2D eigenvalue weighted by Crippen LogP contribution is -2.19. The average molecular weight is 337 g/mol. The third-order valence-corrected chi connectivity index (χ3v) is 3.36. The van der Waals surface area contributed by atoms with Gasteiger partial charge in [-0.2, -0.15) is 0 Å². The Balaban J connectivity index is 0.000000730. The van der Waals surface area contributed by atoms with Gasteiger partial charge < -0.3 is 5.32 Å². The normalized spacial score (nSPS) is 9.32. The van der Waals surface area contributed by atoms with Gasteiger partial charge in [0.05, 0.1) is 12.1 Å². The number of amides is 1. The predicted molar refractivity (Wildman–Crippen MR) is 105 cm³/mol. The number of benzene rings is 1. The highest BCUT2D eigenvalue weighted by Gasteiger charge is 2.04. The summed E-state index contributed by atoms with van der Waals surface area (Å²) in [5.74, 6) is 0.00998. The summed E-state index contributed by atoms with van der Waals surface area (Å²) in [4.78, 5) is 20.2. The number of nitrogens with one attached hydrogen (secondary N) is 1. The molecule has 0 spiro atoms. The summed E-state index contributed by atoms with van der Waals surface area (Å²) in [7, 11) is 1.64. The molecule has 0 radical (unpaired) electrons. The Morgan fingerprint density at radius 3 is 2.28 bits per heavy atom. The Bertz CT molecular complexity index is 783. The first-order valence-electron chi connectivity index (χ1n) is 8.78. The molecule has 0 saturated heterocycles. The first kappa shape index (κ1) is 20.3. The second-order valence-electron chi connectivity index (χ2n) is 4.79. The Labute approximate surface area is 150 Å². The first-order valence-corrected chi connectivity index (χ1v) is 8.78. The van der Waals surface area contributed by atoms with Gasteiger partial charge in [0, 0.05) is 24.2 Å². The van der Waals surface area contributed by atoms with E-state index in [1.807, 2.05) is 76.2 Å². The minimum atomic E-state index is 0.00998. The highest BCUT2D eigenvalue weighted by molar-refractivity contribution is 5.79. The Kier molecular flexibility index (Phi) is 8.86. The van der Waals surface area contributed by atoms with E-state index in [0.29, 0.717) is 6.42 Å². The number of pyridine rings is 2. The summed E-state index contributed by atoms with van der Waals surface area (Å²) >= 11 is 0. The molecule has 0 aliphatic rings. The van der Waals surface area contributed by atoms with E-state index in [-0.39, 0.29) is 5.91 Å². The van der Waals surface area contributed by atoms with Crippen LogP contribution in [0.1, 0.15) is 33.3 Å². The number of hydrogen-bond donors (Lipinski definition) is 1. The maximum Gasteiger partial charge on any atom is 0.224 e. The van der Waals surface area contributed by atoms with E-state index in [9.17, 15) is 4.79 Å². The first-order chi connectivity index (χ1) is 12.3. The van der Waals surface area contributed by atoms with E-state index < -0.39 is 0 Å². The topological polar surface area (TPSA) is 54.9 Å². The van der Waals surface area contributed by atoms with E-state index in [2.05, 4.69) is 15.3 Å². The summed E-state index contributed by atoms with van der Waals surface area (Å²) in [5, 5.41) is 3.65. The van der Waals surface area contributed by atoms with Crippen LogP contribution in [0.4, 0.5) is 0 Å². The molecule has 132 valence electrons. The number of likely N-dealkylation sites (N-methyl/N-ethyl adjacent to an activating group) is 1. The molecule has 1 amide bonds. The summed E-state index contributed by atoms with van der Waals surface area (Å²) in [6, 6.07) is 15.8. The molecule has 2 heterocycles. The molecule has 3 rings (SSSR count). The van der Waals surface area contributed by atoms with Gasteiger partial charge in [-0.25, -0.2) is 9.97 Å². The molecular weight excluding hydrogens is 310 g/mol. The van der Waals surface area contributed by atoms with Crippen LogP contribution in [0.25, 0.3) is 22.3 Å². The van der Waals surface area contributed by atoms with Crippen LogP contribution in [0, 0.1) is 0 Å². The smallest absolute Gasteiger partial charge is 0.224 e. The fourth-order valence-corrected chi connectivity index (χ4v) is 2.18. The standard InChI is InChI=1S/C17H15N3O.2C2H6/c1-18-16(21)11-12-4-6-13(7-5-12)15-9-8-14-3-2-10-19-17(14)20-15;2*1-2/h2-10H,11H2,1H3,(H,18,21);2*1-2H3. The number of hydrogen-bond acceptors (Lipinski definition) is 3. The Hall–Kier alpha value is -2.75. The molecule has 0 unspecified atom stereocenters. The molecule has 1 N–H and O–H groups in total. The van der Waals surface area contributed by atoms with E-state index in [0.717, 1.165) is 27.9 Å². The number of carbonyl (C=O) groups is 1. The lowest BCUT2D eigenvalue weighted by molar-refractivity contribution is -0.119. The quantitative estimate of drug-likeness (QED) is 0.757. The average Bonchev–Trinajstić information content (AvgIpc) is 2.71. The maximum absolute atomic E-state index is 11.4. The Morgan fingerprint density at radius 2 is 1.64 bits per heavy atom. The van der Waals surface area contributed by atoms with Crippen molar-refractivity contribution in [3.8, 4) is 11.3 Å². The molecule has 25 heavy (non-hydrogen) atoms. The van der Waals surface area contributed by atoms with Crippen LogP contribution in [0.5, 0.6) is 0 Å². The molecule has 0 aliphatic carbocycles. The lowest BCUT2D eigenvalue weighted by Gasteiger charge is -2.05. The van der Waals surface area contributed by atoms with Crippen LogP contribution in [0.15, 0.2) is 54.7 Å². The predicted octanol–water partition coefficient (Wildman–Crippen LogP) is 4.64. The third-order valence-electron chi connectivity index (χ3n) is 3.36. The molecule has 0 atom stereocenters. The number of rotatable bonds is 3. The molecule has 3 aromatic rings. The van der Waals surface area contributed by atoms with Crippen LogP contribution in [-0.4, -0.2) is 22.9 Å². The van der Waals surface area contributed by atoms with Crippen molar-refractivity contribution < 1.29 is 4.79 Å². The zero-order valence-electron chi connectivity index (χ0n) is 15.7. The fourth-order valence-electron chi connectivity index (χ4n) is 2.18. The van der Waals surface area contributed by atoms with Crippen LogP contribution >= 0.6 is 0 Å². The largest absolute Gasteiger partial charge is 0.359 e. The van der Waals surface area contributed by atoms with Crippen molar-refractivity contribution in [1.82, 2.24) is 15.3 Å². The van der Waals surface area contributed by atoms with Crippen molar-refractivity contribution in [1.29, 1.82) is 0 Å². The van der Waals surface area contributed by atoms with Gasteiger partial charge in [-0.1, -0.05) is 52.0 Å². The van der Waals surface area contributed by atoms with Crippen LogP contribution in [0.2, 0.25) is 0 Å². The highest BCUT2D eigenvalue weighted by atomic mass is 16.1. The highest BCUT2D eigenvalue weighted by Crippen LogP contribution is 2.20. The molecule has 0 bridgehead atoms. The van der Waals surface area contributed by atoms with E-state index in [1.165, 1.54) is 0 Å². The van der Waals surface area contributed by atoms with Gasteiger partial charge >= 0.3 is 0 Å². The number of nitrogens with zero attached hydrogens (tertiary/aromatic N) is 2. The summed E-state index contributed by atoms with van der Waals surface area (Å²) < 4.78 is 0. The molecule has 0 fully saturated rings. The zero-order valence-corrected chi connectivity index (χ0v) is 15.7. The van der Waals surface area contributed by atoms with Gasteiger partial charge in [-0.15, -0.1) is 0 Å². The second-order valence-corrected chi connectivity index (χ2v) is 4.79.